The lowest BCUT2D eigenvalue weighted by atomic mass is 10.0. The molecule has 0 radical (unpaired) electrons. The minimum Gasteiger partial charge on any atom is -0.352 e. The maximum Gasteiger partial charge on any atom is 0.251 e. The summed E-state index contributed by atoms with van der Waals surface area (Å²) in [6.07, 6.45) is 7.93. The lowest BCUT2D eigenvalue weighted by Crippen LogP contribution is -2.34. The molecule has 0 spiro atoms. The molecule has 0 saturated heterocycles. The van der Waals surface area contributed by atoms with Gasteiger partial charge in [-0.15, -0.1) is 12.3 Å². The van der Waals surface area contributed by atoms with Gasteiger partial charge in [0.2, 0.25) is 5.56 Å². The maximum atomic E-state index is 12.4. The fourth-order valence-electron chi connectivity index (χ4n) is 2.83. The zero-order valence-corrected chi connectivity index (χ0v) is 12.8. The number of nitrogens with zero attached hydrogens (tertiary/aromatic N) is 2. The molecule has 3 rings (SSSR count). The van der Waals surface area contributed by atoms with Crippen molar-refractivity contribution in [2.45, 2.75) is 37.9 Å². The highest BCUT2D eigenvalue weighted by molar-refractivity contribution is 5.95. The molecular weight excluding hydrogens is 294 g/mol. The van der Waals surface area contributed by atoms with Crippen molar-refractivity contribution in [3.63, 3.8) is 0 Å². The van der Waals surface area contributed by atoms with Crippen LogP contribution in [0.4, 0.5) is 0 Å². The van der Waals surface area contributed by atoms with Crippen LogP contribution in [-0.2, 0) is 13.0 Å². The molecule has 2 aliphatic heterocycles. The van der Waals surface area contributed by atoms with Crippen LogP contribution >= 0.6 is 0 Å². The summed E-state index contributed by atoms with van der Waals surface area (Å²) >= 11 is 0. The summed E-state index contributed by atoms with van der Waals surface area (Å²) < 4.78 is 0. The summed E-state index contributed by atoms with van der Waals surface area (Å²) in [6.45, 7) is 1.84. The molecule has 0 fully saturated rings. The highest BCUT2D eigenvalue weighted by Crippen LogP contribution is 2.36. The molecule has 7 nitrogen and oxygen atoms in total. The normalized spacial score (nSPS) is 17.2. The van der Waals surface area contributed by atoms with Crippen LogP contribution in [-0.4, -0.2) is 29.6 Å². The first-order chi connectivity index (χ1) is 11.1. The number of H-pyrrole nitrogens is 1. The second kappa shape index (κ2) is 6.34. The molecule has 1 aromatic rings. The van der Waals surface area contributed by atoms with E-state index in [0.29, 0.717) is 37.9 Å². The fourth-order valence-corrected chi connectivity index (χ4v) is 2.83. The van der Waals surface area contributed by atoms with Crippen LogP contribution in [0.3, 0.4) is 0 Å². The first-order valence-electron chi connectivity index (χ1n) is 7.75. The molecule has 0 unspecified atom stereocenters. The van der Waals surface area contributed by atoms with Gasteiger partial charge in [-0.3, -0.25) is 9.59 Å². The van der Waals surface area contributed by atoms with Crippen LogP contribution in [0, 0.1) is 12.3 Å². The Kier molecular flexibility index (Phi) is 4.26. The van der Waals surface area contributed by atoms with Gasteiger partial charge in [-0.05, 0) is 5.56 Å². The van der Waals surface area contributed by atoms with Crippen LogP contribution in [0.25, 0.3) is 0 Å². The maximum absolute atomic E-state index is 12.4. The topological polar surface area (TPSA) is 98.7 Å². The molecule has 0 atom stereocenters. The Balaban J connectivity index is 1.62. The van der Waals surface area contributed by atoms with Gasteiger partial charge in [0.25, 0.3) is 5.91 Å². The highest BCUT2D eigenvalue weighted by Gasteiger charge is 2.38. The standard InChI is InChI=1S/C16H19N5O2/c1-2-3-5-16(20-21-16)6-8-18-15(23)11-9-14(22)19-13-4-7-17-10-12(11)13/h1,9,17H,3-8,10H2,(H,18,23)(H,19,22). The monoisotopic (exact) mass is 313 g/mol. The van der Waals surface area contributed by atoms with E-state index in [1.807, 2.05) is 0 Å². The summed E-state index contributed by atoms with van der Waals surface area (Å²) in [5.41, 5.74) is 1.51. The van der Waals surface area contributed by atoms with E-state index < -0.39 is 5.66 Å². The molecule has 0 saturated carbocycles. The van der Waals surface area contributed by atoms with Crippen LogP contribution in [0.5, 0.6) is 0 Å². The van der Waals surface area contributed by atoms with E-state index in [2.05, 4.69) is 31.8 Å². The summed E-state index contributed by atoms with van der Waals surface area (Å²) in [5, 5.41) is 14.2. The number of hydrogen-bond donors (Lipinski definition) is 3. The molecule has 0 bridgehead atoms. The predicted octanol–water partition coefficient (Wildman–Crippen LogP) is 0.716. The minimum atomic E-state index is -0.408. The van der Waals surface area contributed by atoms with Crippen LogP contribution in [0.2, 0.25) is 0 Å². The predicted molar refractivity (Wildman–Crippen MR) is 85.1 cm³/mol. The number of carbonyl (C=O) groups is 1. The van der Waals surface area contributed by atoms with Gasteiger partial charge in [-0.2, -0.15) is 10.2 Å². The van der Waals surface area contributed by atoms with E-state index in [-0.39, 0.29) is 11.5 Å². The lowest BCUT2D eigenvalue weighted by molar-refractivity contribution is 0.0950. The quantitative estimate of drug-likeness (QED) is 0.675. The fraction of sp³-hybridized carbons (Fsp3) is 0.500. The van der Waals surface area contributed by atoms with Crippen molar-refractivity contribution in [2.24, 2.45) is 10.2 Å². The Bertz CT molecular complexity index is 738. The number of nitrogens with one attached hydrogen (secondary N) is 3. The number of aromatic nitrogens is 1. The van der Waals surface area contributed by atoms with Gasteiger partial charge in [-0.25, -0.2) is 0 Å². The third-order valence-corrected chi connectivity index (χ3v) is 4.20. The second-order valence-electron chi connectivity index (χ2n) is 5.82. The van der Waals surface area contributed by atoms with Gasteiger partial charge >= 0.3 is 0 Å². The van der Waals surface area contributed by atoms with Crippen molar-refractivity contribution in [2.75, 3.05) is 13.1 Å². The first kappa shape index (κ1) is 15.4. The number of amides is 1. The van der Waals surface area contributed by atoms with Gasteiger partial charge < -0.3 is 15.6 Å². The van der Waals surface area contributed by atoms with E-state index in [4.69, 9.17) is 6.42 Å². The number of pyridine rings is 1. The van der Waals surface area contributed by atoms with Crippen molar-refractivity contribution >= 4 is 5.91 Å². The SMILES string of the molecule is C#CCCC1(CCNC(=O)c2cc(=O)[nH]c3c2CNCC3)N=N1. The number of hydrogen-bond acceptors (Lipinski definition) is 5. The molecule has 23 heavy (non-hydrogen) atoms. The molecule has 3 N–H and O–H groups in total. The van der Waals surface area contributed by atoms with Crippen molar-refractivity contribution in [1.82, 2.24) is 15.6 Å². The molecule has 2 aliphatic rings. The van der Waals surface area contributed by atoms with Crippen molar-refractivity contribution in [3.05, 3.63) is 33.2 Å². The first-order valence-corrected chi connectivity index (χ1v) is 7.75. The molecule has 3 heterocycles. The largest absolute Gasteiger partial charge is 0.352 e. The van der Waals surface area contributed by atoms with Crippen LogP contribution < -0.4 is 16.2 Å². The van der Waals surface area contributed by atoms with Gasteiger partial charge in [0, 0.05) is 57.1 Å². The van der Waals surface area contributed by atoms with Gasteiger partial charge in [0.15, 0.2) is 5.66 Å². The van der Waals surface area contributed by atoms with E-state index in [1.54, 1.807) is 0 Å². The third-order valence-electron chi connectivity index (χ3n) is 4.20. The molecule has 1 amide bonds. The average Bonchev–Trinajstić information content (AvgIpc) is 3.32. The molecule has 0 aliphatic carbocycles. The number of terminal acetylenes is 1. The number of rotatable bonds is 6. The van der Waals surface area contributed by atoms with Crippen LogP contribution in [0.1, 0.15) is 40.9 Å². The minimum absolute atomic E-state index is 0.233. The smallest absolute Gasteiger partial charge is 0.251 e. The van der Waals surface area contributed by atoms with Gasteiger partial charge in [0.05, 0.1) is 5.56 Å². The second-order valence-corrected chi connectivity index (χ2v) is 5.82. The molecule has 120 valence electrons. The summed E-state index contributed by atoms with van der Waals surface area (Å²) in [7, 11) is 0. The third kappa shape index (κ3) is 3.48. The zero-order chi connectivity index (χ0) is 16.3. The molecular formula is C16H19N5O2. The number of carbonyl (C=O) groups excluding carboxylic acids is 1. The molecule has 1 aromatic heterocycles. The van der Waals surface area contributed by atoms with E-state index in [9.17, 15) is 9.59 Å². The Labute approximate surface area is 134 Å². The Morgan fingerprint density at radius 3 is 3.00 bits per heavy atom. The Hall–Kier alpha value is -2.46. The summed E-state index contributed by atoms with van der Waals surface area (Å²) in [4.78, 5) is 26.9. The van der Waals surface area contributed by atoms with Crippen molar-refractivity contribution < 1.29 is 4.79 Å². The van der Waals surface area contributed by atoms with Gasteiger partial charge in [-0.1, -0.05) is 0 Å². The number of fused-ring (bicyclic) bond motifs is 1. The highest BCUT2D eigenvalue weighted by atomic mass is 16.2. The zero-order valence-electron chi connectivity index (χ0n) is 12.8. The summed E-state index contributed by atoms with van der Waals surface area (Å²) in [6, 6.07) is 1.36. The van der Waals surface area contributed by atoms with E-state index in [1.165, 1.54) is 6.07 Å². The van der Waals surface area contributed by atoms with E-state index in [0.717, 1.165) is 24.2 Å². The Morgan fingerprint density at radius 2 is 2.26 bits per heavy atom. The summed E-state index contributed by atoms with van der Waals surface area (Å²) in [5.74, 6) is 2.34. The van der Waals surface area contributed by atoms with E-state index >= 15 is 0 Å². The van der Waals surface area contributed by atoms with Crippen molar-refractivity contribution in [1.29, 1.82) is 0 Å². The Morgan fingerprint density at radius 1 is 1.43 bits per heavy atom. The molecule has 7 heteroatoms. The average molecular weight is 313 g/mol. The van der Waals surface area contributed by atoms with Gasteiger partial charge in [0.1, 0.15) is 0 Å². The van der Waals surface area contributed by atoms with Crippen molar-refractivity contribution in [3.8, 4) is 12.3 Å². The molecule has 0 aromatic carbocycles. The lowest BCUT2D eigenvalue weighted by Gasteiger charge is -2.19. The number of aromatic amines is 1. The van der Waals surface area contributed by atoms with Crippen LogP contribution in [0.15, 0.2) is 21.1 Å².